The monoisotopic (exact) mass is 308 g/mol. The van der Waals surface area contributed by atoms with Crippen molar-refractivity contribution in [3.8, 4) is 0 Å². The lowest BCUT2D eigenvalue weighted by Gasteiger charge is -2.38. The van der Waals surface area contributed by atoms with Crippen LogP contribution in [0.3, 0.4) is 0 Å². The number of carbonyl (C=O) groups is 2. The van der Waals surface area contributed by atoms with Crippen LogP contribution in [0.5, 0.6) is 0 Å². The average molecular weight is 309 g/mol. The molecule has 0 aromatic heterocycles. The number of likely N-dealkylation sites (N-methyl/N-ethyl adjacent to an activating group) is 1. The van der Waals surface area contributed by atoms with Crippen molar-refractivity contribution in [3.05, 3.63) is 47.5 Å². The molecule has 1 fully saturated rings. The zero-order valence-corrected chi connectivity index (χ0v) is 12.5. The molecular formula is C15H17ClN2O3. The van der Waals surface area contributed by atoms with E-state index < -0.39 is 12.1 Å². The molecule has 0 unspecified atom stereocenters. The first-order valence-corrected chi connectivity index (χ1v) is 6.93. The molecule has 1 N–H and O–H groups in total. The second-order valence-electron chi connectivity index (χ2n) is 4.77. The largest absolute Gasteiger partial charge is 0.356 e. The first kappa shape index (κ1) is 15.5. The summed E-state index contributed by atoms with van der Waals surface area (Å²) in [6, 6.07) is 6.55. The third-order valence-corrected chi connectivity index (χ3v) is 3.63. The molecule has 21 heavy (non-hydrogen) atoms. The fraction of sp³-hybridized carbons (Fsp3) is 0.333. The van der Waals surface area contributed by atoms with Crippen molar-refractivity contribution < 1.29 is 14.3 Å². The first-order valence-electron chi connectivity index (χ1n) is 6.56. The molecule has 1 aliphatic rings. The molecule has 2 atom stereocenters. The maximum Gasteiger partial charge on any atom is 0.251 e. The van der Waals surface area contributed by atoms with Gasteiger partial charge in [-0.3, -0.25) is 9.59 Å². The van der Waals surface area contributed by atoms with E-state index in [9.17, 15) is 9.59 Å². The van der Waals surface area contributed by atoms with Gasteiger partial charge in [0.1, 0.15) is 6.61 Å². The fourth-order valence-electron chi connectivity index (χ4n) is 2.26. The fourth-order valence-corrected chi connectivity index (χ4v) is 2.39. The Kier molecular flexibility index (Phi) is 4.98. The zero-order valence-electron chi connectivity index (χ0n) is 11.7. The Morgan fingerprint density at radius 2 is 2.19 bits per heavy atom. The van der Waals surface area contributed by atoms with E-state index in [2.05, 4.69) is 11.9 Å². The van der Waals surface area contributed by atoms with E-state index in [1.807, 2.05) is 0 Å². The molecule has 0 radical (unpaired) electrons. The molecule has 0 bridgehead atoms. The zero-order chi connectivity index (χ0) is 15.4. The van der Waals surface area contributed by atoms with Gasteiger partial charge in [0.15, 0.2) is 6.10 Å². The summed E-state index contributed by atoms with van der Waals surface area (Å²) in [5.74, 6) is -0.433. The van der Waals surface area contributed by atoms with Gasteiger partial charge in [-0.15, -0.1) is 6.58 Å². The van der Waals surface area contributed by atoms with Crippen molar-refractivity contribution in [1.82, 2.24) is 10.2 Å². The van der Waals surface area contributed by atoms with Gasteiger partial charge in [0.05, 0.1) is 6.04 Å². The van der Waals surface area contributed by atoms with Crippen LogP contribution in [0.1, 0.15) is 11.6 Å². The van der Waals surface area contributed by atoms with Crippen molar-refractivity contribution in [2.24, 2.45) is 0 Å². The minimum absolute atomic E-state index is 0.104. The lowest BCUT2D eigenvalue weighted by Crippen LogP contribution is -2.53. The standard InChI is InChI=1S/C15H17ClN2O3/c1-3-8-17-15(20)14-13(18(2)12(19)9-21-14)10-4-6-11(16)7-5-10/h3-7,13-14H,1,8-9H2,2H3,(H,17,20)/t13-,14-/m1/s1. The molecule has 0 spiro atoms. The maximum atomic E-state index is 12.2. The van der Waals surface area contributed by atoms with Crippen LogP contribution in [0, 0.1) is 0 Å². The second-order valence-corrected chi connectivity index (χ2v) is 5.20. The highest BCUT2D eigenvalue weighted by Gasteiger charge is 2.39. The molecule has 2 amide bonds. The van der Waals surface area contributed by atoms with Crippen molar-refractivity contribution >= 4 is 23.4 Å². The highest BCUT2D eigenvalue weighted by Crippen LogP contribution is 2.29. The maximum absolute atomic E-state index is 12.2. The summed E-state index contributed by atoms with van der Waals surface area (Å²) in [5, 5.41) is 3.30. The van der Waals surface area contributed by atoms with E-state index in [-0.39, 0.29) is 18.4 Å². The van der Waals surface area contributed by atoms with Crippen LogP contribution < -0.4 is 5.32 Å². The molecule has 1 aromatic rings. The topological polar surface area (TPSA) is 58.6 Å². The molecule has 112 valence electrons. The number of carbonyl (C=O) groups excluding carboxylic acids is 2. The van der Waals surface area contributed by atoms with Gasteiger partial charge in [0.2, 0.25) is 5.91 Å². The van der Waals surface area contributed by atoms with Gasteiger partial charge in [-0.05, 0) is 17.7 Å². The normalized spacial score (nSPS) is 22.0. The number of nitrogens with one attached hydrogen (secondary N) is 1. The molecule has 1 aliphatic heterocycles. The summed E-state index contributed by atoms with van der Waals surface area (Å²) in [5.41, 5.74) is 0.800. The third kappa shape index (κ3) is 3.43. The Bertz CT molecular complexity index is 544. The lowest BCUT2D eigenvalue weighted by molar-refractivity contribution is -0.162. The molecule has 1 saturated heterocycles. The van der Waals surface area contributed by atoms with Gasteiger partial charge < -0.3 is 15.0 Å². The molecule has 2 rings (SSSR count). The minimum Gasteiger partial charge on any atom is -0.356 e. The van der Waals surface area contributed by atoms with Crippen molar-refractivity contribution in [3.63, 3.8) is 0 Å². The van der Waals surface area contributed by atoms with Crippen LogP contribution in [0.4, 0.5) is 0 Å². The predicted molar refractivity (Wildman–Crippen MR) is 79.9 cm³/mol. The quantitative estimate of drug-likeness (QED) is 0.858. The SMILES string of the molecule is C=CCNC(=O)[C@@H]1OCC(=O)N(C)[C@@H]1c1ccc(Cl)cc1. The Labute approximate surface area is 128 Å². The molecule has 6 heteroatoms. The van der Waals surface area contributed by atoms with Crippen LogP contribution in [-0.4, -0.2) is 43.0 Å². The minimum atomic E-state index is -0.756. The molecule has 1 aromatic carbocycles. The van der Waals surface area contributed by atoms with Gasteiger partial charge in [0.25, 0.3) is 5.91 Å². The Balaban J connectivity index is 2.28. The smallest absolute Gasteiger partial charge is 0.251 e. The average Bonchev–Trinajstić information content (AvgIpc) is 2.48. The van der Waals surface area contributed by atoms with Gasteiger partial charge in [-0.1, -0.05) is 29.8 Å². The number of halogens is 1. The van der Waals surface area contributed by atoms with Gasteiger partial charge >= 0.3 is 0 Å². The van der Waals surface area contributed by atoms with Crippen LogP contribution in [-0.2, 0) is 14.3 Å². The Morgan fingerprint density at radius 3 is 2.81 bits per heavy atom. The van der Waals surface area contributed by atoms with Crippen LogP contribution in [0.25, 0.3) is 0 Å². The van der Waals surface area contributed by atoms with Crippen molar-refractivity contribution in [1.29, 1.82) is 0 Å². The van der Waals surface area contributed by atoms with Gasteiger partial charge in [-0.25, -0.2) is 0 Å². The summed E-state index contributed by atoms with van der Waals surface area (Å²) in [4.78, 5) is 25.6. The van der Waals surface area contributed by atoms with Crippen LogP contribution in [0.2, 0.25) is 5.02 Å². The number of hydrogen-bond donors (Lipinski definition) is 1. The predicted octanol–water partition coefficient (Wildman–Crippen LogP) is 1.54. The van der Waals surface area contributed by atoms with E-state index in [0.717, 1.165) is 5.56 Å². The number of hydrogen-bond acceptors (Lipinski definition) is 3. The second kappa shape index (κ2) is 6.74. The summed E-state index contributed by atoms with van der Waals surface area (Å²) in [6.45, 7) is 3.80. The number of benzene rings is 1. The summed E-state index contributed by atoms with van der Waals surface area (Å²) >= 11 is 5.88. The van der Waals surface area contributed by atoms with Crippen molar-refractivity contribution in [2.45, 2.75) is 12.1 Å². The van der Waals surface area contributed by atoms with E-state index in [4.69, 9.17) is 16.3 Å². The van der Waals surface area contributed by atoms with Gasteiger partial charge in [-0.2, -0.15) is 0 Å². The summed E-state index contributed by atoms with van der Waals surface area (Å²) in [6.07, 6.45) is 0.834. The number of amides is 2. The molecule has 0 aliphatic carbocycles. The Hall–Kier alpha value is -1.85. The first-order chi connectivity index (χ1) is 10.0. The van der Waals surface area contributed by atoms with E-state index in [0.29, 0.717) is 11.6 Å². The highest BCUT2D eigenvalue weighted by molar-refractivity contribution is 6.30. The van der Waals surface area contributed by atoms with Crippen LogP contribution in [0.15, 0.2) is 36.9 Å². The molecule has 0 saturated carbocycles. The molecule has 1 heterocycles. The number of rotatable bonds is 4. The number of nitrogens with zero attached hydrogens (tertiary/aromatic N) is 1. The third-order valence-electron chi connectivity index (χ3n) is 3.37. The van der Waals surface area contributed by atoms with E-state index in [1.54, 1.807) is 37.4 Å². The highest BCUT2D eigenvalue weighted by atomic mass is 35.5. The molecular weight excluding hydrogens is 292 g/mol. The Morgan fingerprint density at radius 1 is 1.52 bits per heavy atom. The van der Waals surface area contributed by atoms with E-state index in [1.165, 1.54) is 4.90 Å². The number of morpholine rings is 1. The van der Waals surface area contributed by atoms with E-state index >= 15 is 0 Å². The summed E-state index contributed by atoms with van der Waals surface area (Å²) in [7, 11) is 1.66. The van der Waals surface area contributed by atoms with Gasteiger partial charge in [0, 0.05) is 18.6 Å². The summed E-state index contributed by atoms with van der Waals surface area (Å²) < 4.78 is 5.45. The van der Waals surface area contributed by atoms with Crippen molar-refractivity contribution in [2.75, 3.05) is 20.2 Å². The van der Waals surface area contributed by atoms with Crippen LogP contribution >= 0.6 is 11.6 Å². The number of ether oxygens (including phenoxy) is 1. The lowest BCUT2D eigenvalue weighted by atomic mass is 9.97. The molecule has 5 nitrogen and oxygen atoms in total.